The van der Waals surface area contributed by atoms with Gasteiger partial charge in [0.1, 0.15) is 11.0 Å². The second-order valence-corrected chi connectivity index (χ2v) is 6.74. The third kappa shape index (κ3) is 3.29. The van der Waals surface area contributed by atoms with Crippen LogP contribution < -0.4 is 5.32 Å². The summed E-state index contributed by atoms with van der Waals surface area (Å²) < 4.78 is 1.82. The second-order valence-electron chi connectivity index (χ2n) is 5.25. The number of hydrogen-bond acceptors (Lipinski definition) is 3. The van der Waals surface area contributed by atoms with E-state index < -0.39 is 5.91 Å². The van der Waals surface area contributed by atoms with Crippen LogP contribution in [0.1, 0.15) is 42.2 Å². The topological polar surface area (TPSA) is 59.8 Å². The number of amides is 1. The Bertz CT molecular complexity index is 755. The highest BCUT2D eigenvalue weighted by atomic mass is 35.5. The molecular formula is C14H12Cl4N4O. The third-order valence-corrected chi connectivity index (χ3v) is 5.46. The van der Waals surface area contributed by atoms with Crippen LogP contribution in [0.3, 0.4) is 0 Å². The molecule has 2 aromatic rings. The van der Waals surface area contributed by atoms with Crippen molar-refractivity contribution >= 4 is 58.1 Å². The van der Waals surface area contributed by atoms with E-state index in [0.717, 1.165) is 25.7 Å². The Morgan fingerprint density at radius 2 is 1.83 bits per heavy atom. The smallest absolute Gasteiger partial charge is 0.277 e. The molecule has 3 rings (SSSR count). The Morgan fingerprint density at radius 1 is 1.13 bits per heavy atom. The van der Waals surface area contributed by atoms with Gasteiger partial charge in [-0.3, -0.25) is 4.79 Å². The summed E-state index contributed by atoms with van der Waals surface area (Å²) in [5.74, 6) is 0.0668. The molecule has 0 atom stereocenters. The van der Waals surface area contributed by atoms with Gasteiger partial charge in [0.25, 0.3) is 5.91 Å². The lowest BCUT2D eigenvalue weighted by Crippen LogP contribution is -2.19. The average Bonchev–Trinajstić information content (AvgIpc) is 3.19. The van der Waals surface area contributed by atoms with Gasteiger partial charge in [0.05, 0.1) is 27.3 Å². The van der Waals surface area contributed by atoms with Crippen molar-refractivity contribution in [2.75, 3.05) is 5.32 Å². The molecule has 0 saturated heterocycles. The highest BCUT2D eigenvalue weighted by Crippen LogP contribution is 2.36. The van der Waals surface area contributed by atoms with Crippen molar-refractivity contribution in [2.24, 2.45) is 0 Å². The number of anilines is 1. The van der Waals surface area contributed by atoms with Crippen LogP contribution in [-0.4, -0.2) is 20.7 Å². The zero-order valence-corrected chi connectivity index (χ0v) is 14.8. The van der Waals surface area contributed by atoms with Gasteiger partial charge in [-0.2, -0.15) is 5.10 Å². The van der Waals surface area contributed by atoms with Crippen LogP contribution in [0.4, 0.5) is 5.82 Å². The van der Waals surface area contributed by atoms with Gasteiger partial charge in [0.15, 0.2) is 5.69 Å². The van der Waals surface area contributed by atoms with Gasteiger partial charge in [-0.1, -0.05) is 59.2 Å². The SMILES string of the molecule is O=C(Nc1ccnn1C1CCCC1)c1nc(Cl)c(Cl)c(Cl)c1Cl. The molecule has 2 heterocycles. The highest BCUT2D eigenvalue weighted by Gasteiger charge is 2.24. The zero-order chi connectivity index (χ0) is 16.6. The minimum atomic E-state index is -0.518. The first-order valence-electron chi connectivity index (χ1n) is 7.04. The summed E-state index contributed by atoms with van der Waals surface area (Å²) in [5.41, 5.74) is -0.0785. The van der Waals surface area contributed by atoms with Crippen molar-refractivity contribution < 1.29 is 4.79 Å². The number of hydrogen-bond donors (Lipinski definition) is 1. The molecule has 0 bridgehead atoms. The molecule has 0 aromatic carbocycles. The molecule has 1 fully saturated rings. The Morgan fingerprint density at radius 3 is 2.52 bits per heavy atom. The minimum Gasteiger partial charge on any atom is -0.305 e. The Kier molecular flexibility index (Phi) is 5.01. The second kappa shape index (κ2) is 6.85. The summed E-state index contributed by atoms with van der Waals surface area (Å²) in [4.78, 5) is 16.4. The maximum Gasteiger partial charge on any atom is 0.277 e. The molecule has 1 N–H and O–H groups in total. The zero-order valence-electron chi connectivity index (χ0n) is 11.8. The monoisotopic (exact) mass is 392 g/mol. The molecule has 9 heteroatoms. The van der Waals surface area contributed by atoms with Crippen LogP contribution >= 0.6 is 46.4 Å². The molecule has 23 heavy (non-hydrogen) atoms. The van der Waals surface area contributed by atoms with E-state index in [9.17, 15) is 4.79 Å². The van der Waals surface area contributed by atoms with Gasteiger partial charge < -0.3 is 5.32 Å². The summed E-state index contributed by atoms with van der Waals surface area (Å²) in [6, 6.07) is 2.02. The first kappa shape index (κ1) is 16.8. The van der Waals surface area contributed by atoms with Crippen LogP contribution in [0.25, 0.3) is 0 Å². The van der Waals surface area contributed by atoms with Gasteiger partial charge in [-0.05, 0) is 12.8 Å². The quantitative estimate of drug-likeness (QED) is 0.723. The van der Waals surface area contributed by atoms with E-state index in [1.54, 1.807) is 12.3 Å². The molecule has 0 unspecified atom stereocenters. The predicted octanol–water partition coefficient (Wildman–Crippen LogP) is 5.26. The summed E-state index contributed by atoms with van der Waals surface area (Å²) in [5, 5.41) is 6.96. The van der Waals surface area contributed by atoms with Gasteiger partial charge >= 0.3 is 0 Å². The highest BCUT2D eigenvalue weighted by molar-refractivity contribution is 6.52. The van der Waals surface area contributed by atoms with Gasteiger partial charge in [0, 0.05) is 6.07 Å². The number of carbonyl (C=O) groups is 1. The predicted molar refractivity (Wildman–Crippen MR) is 92.0 cm³/mol. The molecule has 122 valence electrons. The number of pyridine rings is 1. The fourth-order valence-corrected chi connectivity index (χ4v) is 3.48. The van der Waals surface area contributed by atoms with E-state index in [1.807, 2.05) is 4.68 Å². The first-order chi connectivity index (χ1) is 11.0. The summed E-state index contributed by atoms with van der Waals surface area (Å²) >= 11 is 23.7. The summed E-state index contributed by atoms with van der Waals surface area (Å²) in [6.07, 6.45) is 6.05. The molecule has 1 aliphatic carbocycles. The number of halogens is 4. The fraction of sp³-hybridized carbons (Fsp3) is 0.357. The standard InChI is InChI=1S/C14H12Cl4N4O/c15-9-10(16)12(21-13(18)11(9)17)14(23)20-8-5-6-19-22(8)7-3-1-2-4-7/h5-7H,1-4H2,(H,20,23). The average molecular weight is 394 g/mol. The van der Waals surface area contributed by atoms with Gasteiger partial charge in [0.2, 0.25) is 0 Å². The number of carbonyl (C=O) groups excluding carboxylic acids is 1. The molecule has 5 nitrogen and oxygen atoms in total. The Labute approximate surface area is 152 Å². The van der Waals surface area contributed by atoms with E-state index >= 15 is 0 Å². The van der Waals surface area contributed by atoms with Crippen LogP contribution in [-0.2, 0) is 0 Å². The van der Waals surface area contributed by atoms with Crippen molar-refractivity contribution in [2.45, 2.75) is 31.7 Å². The van der Waals surface area contributed by atoms with E-state index in [0.29, 0.717) is 11.9 Å². The lowest BCUT2D eigenvalue weighted by atomic mass is 10.2. The lowest BCUT2D eigenvalue weighted by molar-refractivity contribution is 0.102. The molecule has 1 saturated carbocycles. The number of nitrogens with zero attached hydrogens (tertiary/aromatic N) is 3. The number of nitrogens with one attached hydrogen (secondary N) is 1. The van der Waals surface area contributed by atoms with E-state index in [-0.39, 0.29) is 25.9 Å². The molecule has 1 aliphatic rings. The molecule has 2 aromatic heterocycles. The van der Waals surface area contributed by atoms with Crippen molar-refractivity contribution in [3.63, 3.8) is 0 Å². The fourth-order valence-electron chi connectivity index (χ4n) is 2.67. The minimum absolute atomic E-state index is 0.00258. The summed E-state index contributed by atoms with van der Waals surface area (Å²) in [6.45, 7) is 0. The van der Waals surface area contributed by atoms with Crippen LogP contribution in [0.5, 0.6) is 0 Å². The van der Waals surface area contributed by atoms with Crippen LogP contribution in [0, 0.1) is 0 Å². The maximum atomic E-state index is 12.5. The molecule has 0 spiro atoms. The largest absolute Gasteiger partial charge is 0.305 e. The Hall–Kier alpha value is -1.01. The van der Waals surface area contributed by atoms with Crippen molar-refractivity contribution in [3.05, 3.63) is 38.2 Å². The van der Waals surface area contributed by atoms with Crippen LogP contribution in [0.15, 0.2) is 12.3 Å². The maximum absolute atomic E-state index is 12.5. The van der Waals surface area contributed by atoms with Crippen molar-refractivity contribution in [1.82, 2.24) is 14.8 Å². The Balaban J connectivity index is 1.87. The first-order valence-corrected chi connectivity index (χ1v) is 8.55. The summed E-state index contributed by atoms with van der Waals surface area (Å²) in [7, 11) is 0. The van der Waals surface area contributed by atoms with E-state index in [2.05, 4.69) is 15.4 Å². The number of rotatable bonds is 3. The molecular weight excluding hydrogens is 382 g/mol. The third-order valence-electron chi connectivity index (χ3n) is 3.78. The van der Waals surface area contributed by atoms with Crippen LogP contribution in [0.2, 0.25) is 20.2 Å². The molecule has 1 amide bonds. The molecule has 0 radical (unpaired) electrons. The van der Waals surface area contributed by atoms with Gasteiger partial charge in [-0.15, -0.1) is 0 Å². The van der Waals surface area contributed by atoms with E-state index in [4.69, 9.17) is 46.4 Å². The normalized spacial score (nSPS) is 15.1. The van der Waals surface area contributed by atoms with E-state index in [1.165, 1.54) is 0 Å². The van der Waals surface area contributed by atoms with Crippen molar-refractivity contribution in [1.29, 1.82) is 0 Å². The lowest BCUT2D eigenvalue weighted by Gasteiger charge is -2.15. The molecule has 0 aliphatic heterocycles. The number of aromatic nitrogens is 3. The van der Waals surface area contributed by atoms with Gasteiger partial charge in [-0.25, -0.2) is 9.67 Å². The van der Waals surface area contributed by atoms with Crippen molar-refractivity contribution in [3.8, 4) is 0 Å².